The molecular formula is C25H38Cl2O4. The Hall–Kier alpha value is -1.26. The molecule has 1 aromatic carbocycles. The summed E-state index contributed by atoms with van der Waals surface area (Å²) in [6.45, 7) is 2.78. The molecule has 0 fully saturated rings. The van der Waals surface area contributed by atoms with Gasteiger partial charge < -0.3 is 9.47 Å². The van der Waals surface area contributed by atoms with Crippen LogP contribution in [0.15, 0.2) is 18.2 Å². The fourth-order valence-electron chi connectivity index (χ4n) is 3.33. The average molecular weight is 473 g/mol. The first-order valence-corrected chi connectivity index (χ1v) is 12.6. The molecule has 0 aromatic heterocycles. The Morgan fingerprint density at radius 2 is 1.16 bits per heavy atom. The van der Waals surface area contributed by atoms with E-state index in [9.17, 15) is 9.59 Å². The molecule has 0 spiro atoms. The summed E-state index contributed by atoms with van der Waals surface area (Å²) in [5.41, 5.74) is 0. The molecule has 176 valence electrons. The van der Waals surface area contributed by atoms with E-state index in [0.717, 1.165) is 51.4 Å². The standard InChI is InChI=1S/C25H38Cl2O4/c1-2-3-4-5-8-11-14-17-30-24(28)15-12-9-6-7-10-13-16-25(29)31-23-19-21(26)18-22(27)20-23/h18-20H,2-17H2,1H3. The van der Waals surface area contributed by atoms with Crippen molar-refractivity contribution >= 4 is 35.1 Å². The van der Waals surface area contributed by atoms with E-state index in [1.165, 1.54) is 32.1 Å². The van der Waals surface area contributed by atoms with E-state index >= 15 is 0 Å². The summed E-state index contributed by atoms with van der Waals surface area (Å²) >= 11 is 11.8. The van der Waals surface area contributed by atoms with Crippen LogP contribution in [0.3, 0.4) is 0 Å². The van der Waals surface area contributed by atoms with Gasteiger partial charge in [-0.25, -0.2) is 0 Å². The highest BCUT2D eigenvalue weighted by atomic mass is 35.5. The van der Waals surface area contributed by atoms with Crippen molar-refractivity contribution in [3.05, 3.63) is 28.2 Å². The van der Waals surface area contributed by atoms with Crippen molar-refractivity contribution in [2.24, 2.45) is 0 Å². The van der Waals surface area contributed by atoms with Crippen LogP contribution in [0.1, 0.15) is 103 Å². The maximum absolute atomic E-state index is 11.9. The third kappa shape index (κ3) is 16.1. The van der Waals surface area contributed by atoms with Gasteiger partial charge in [0.2, 0.25) is 0 Å². The molecule has 0 aliphatic carbocycles. The fraction of sp³-hybridized carbons (Fsp3) is 0.680. The lowest BCUT2D eigenvalue weighted by Crippen LogP contribution is -2.07. The van der Waals surface area contributed by atoms with Crippen molar-refractivity contribution in [2.75, 3.05) is 6.61 Å². The Kier molecular flexibility index (Phi) is 16.4. The second-order valence-electron chi connectivity index (χ2n) is 8.04. The van der Waals surface area contributed by atoms with Crippen LogP contribution in [-0.2, 0) is 14.3 Å². The van der Waals surface area contributed by atoms with Gasteiger partial charge in [0.1, 0.15) is 5.75 Å². The zero-order chi connectivity index (χ0) is 22.7. The number of halogens is 2. The Morgan fingerprint density at radius 3 is 1.74 bits per heavy atom. The van der Waals surface area contributed by atoms with E-state index in [0.29, 0.717) is 35.2 Å². The first-order chi connectivity index (χ1) is 15.0. The largest absolute Gasteiger partial charge is 0.466 e. The minimum absolute atomic E-state index is 0.0742. The summed E-state index contributed by atoms with van der Waals surface area (Å²) in [5, 5.41) is 0.883. The molecule has 1 aromatic rings. The van der Waals surface area contributed by atoms with E-state index < -0.39 is 0 Å². The van der Waals surface area contributed by atoms with Crippen LogP contribution in [-0.4, -0.2) is 18.5 Å². The maximum atomic E-state index is 11.9. The van der Waals surface area contributed by atoms with Gasteiger partial charge in [0.25, 0.3) is 0 Å². The van der Waals surface area contributed by atoms with Crippen LogP contribution >= 0.6 is 23.2 Å². The number of hydrogen-bond donors (Lipinski definition) is 0. The molecule has 4 nitrogen and oxygen atoms in total. The number of carbonyl (C=O) groups excluding carboxylic acids is 2. The van der Waals surface area contributed by atoms with Crippen LogP contribution in [0.4, 0.5) is 0 Å². The molecule has 0 N–H and O–H groups in total. The number of benzene rings is 1. The van der Waals surface area contributed by atoms with Crippen molar-refractivity contribution in [1.82, 2.24) is 0 Å². The molecule has 0 aliphatic rings. The molecule has 0 unspecified atom stereocenters. The first kappa shape index (κ1) is 27.8. The number of esters is 2. The summed E-state index contributed by atoms with van der Waals surface area (Å²) in [4.78, 5) is 23.6. The van der Waals surface area contributed by atoms with Gasteiger partial charge in [-0.2, -0.15) is 0 Å². The molecule has 0 amide bonds. The monoisotopic (exact) mass is 472 g/mol. The minimum Gasteiger partial charge on any atom is -0.466 e. The minimum atomic E-state index is -0.276. The molecule has 0 radical (unpaired) electrons. The summed E-state index contributed by atoms with van der Waals surface area (Å²) in [6, 6.07) is 4.74. The van der Waals surface area contributed by atoms with E-state index in [2.05, 4.69) is 6.92 Å². The fourth-order valence-corrected chi connectivity index (χ4v) is 3.84. The number of ether oxygens (including phenoxy) is 2. The molecule has 0 heterocycles. The van der Waals surface area contributed by atoms with Crippen molar-refractivity contribution in [1.29, 1.82) is 0 Å². The van der Waals surface area contributed by atoms with Crippen LogP contribution < -0.4 is 4.74 Å². The normalized spacial score (nSPS) is 10.8. The summed E-state index contributed by atoms with van der Waals surface area (Å²) in [6.07, 6.45) is 15.2. The van der Waals surface area contributed by atoms with Crippen LogP contribution in [0.5, 0.6) is 5.75 Å². The Morgan fingerprint density at radius 1 is 0.677 bits per heavy atom. The van der Waals surface area contributed by atoms with E-state index in [1.807, 2.05) is 0 Å². The second kappa shape index (κ2) is 18.3. The number of unbranched alkanes of at least 4 members (excludes halogenated alkanes) is 11. The second-order valence-corrected chi connectivity index (χ2v) is 8.92. The number of rotatable bonds is 18. The molecule has 0 saturated carbocycles. The molecule has 0 aliphatic heterocycles. The lowest BCUT2D eigenvalue weighted by atomic mass is 10.1. The molecular weight excluding hydrogens is 435 g/mol. The highest BCUT2D eigenvalue weighted by molar-refractivity contribution is 6.34. The molecule has 6 heteroatoms. The number of carbonyl (C=O) groups is 2. The van der Waals surface area contributed by atoms with Crippen molar-refractivity contribution in [2.45, 2.75) is 103 Å². The summed E-state index contributed by atoms with van der Waals surface area (Å²) in [7, 11) is 0. The zero-order valence-corrected chi connectivity index (χ0v) is 20.4. The zero-order valence-electron chi connectivity index (χ0n) is 18.9. The Labute approximate surface area is 198 Å². The predicted octanol–water partition coefficient (Wildman–Crippen LogP) is 8.31. The van der Waals surface area contributed by atoms with Gasteiger partial charge in [-0.05, 0) is 37.5 Å². The Bertz CT molecular complexity index is 614. The van der Waals surface area contributed by atoms with Gasteiger partial charge in [0, 0.05) is 22.9 Å². The topological polar surface area (TPSA) is 52.6 Å². The highest BCUT2D eigenvalue weighted by Gasteiger charge is 2.07. The summed E-state index contributed by atoms with van der Waals surface area (Å²) < 4.78 is 10.6. The predicted molar refractivity (Wildman–Crippen MR) is 128 cm³/mol. The van der Waals surface area contributed by atoms with Crippen molar-refractivity contribution < 1.29 is 19.1 Å². The molecule has 0 atom stereocenters. The van der Waals surface area contributed by atoms with Gasteiger partial charge in [0.15, 0.2) is 0 Å². The molecule has 0 bridgehead atoms. The van der Waals surface area contributed by atoms with Crippen LogP contribution in [0.25, 0.3) is 0 Å². The first-order valence-electron chi connectivity index (χ1n) is 11.8. The van der Waals surface area contributed by atoms with Crippen LogP contribution in [0, 0.1) is 0 Å². The smallest absolute Gasteiger partial charge is 0.311 e. The van der Waals surface area contributed by atoms with Gasteiger partial charge in [-0.15, -0.1) is 0 Å². The van der Waals surface area contributed by atoms with Crippen molar-refractivity contribution in [3.8, 4) is 5.75 Å². The van der Waals surface area contributed by atoms with E-state index in [-0.39, 0.29) is 11.9 Å². The van der Waals surface area contributed by atoms with Gasteiger partial charge in [0.05, 0.1) is 6.61 Å². The third-order valence-electron chi connectivity index (χ3n) is 5.09. The lowest BCUT2D eigenvalue weighted by molar-refractivity contribution is -0.144. The molecule has 1 rings (SSSR count). The highest BCUT2D eigenvalue weighted by Crippen LogP contribution is 2.24. The third-order valence-corrected chi connectivity index (χ3v) is 5.53. The average Bonchev–Trinajstić information content (AvgIpc) is 2.71. The lowest BCUT2D eigenvalue weighted by Gasteiger charge is -2.06. The van der Waals surface area contributed by atoms with Crippen molar-refractivity contribution in [3.63, 3.8) is 0 Å². The quantitative estimate of drug-likeness (QED) is 0.122. The van der Waals surface area contributed by atoms with Gasteiger partial charge >= 0.3 is 11.9 Å². The molecule has 0 saturated heterocycles. The van der Waals surface area contributed by atoms with Gasteiger partial charge in [-0.3, -0.25) is 9.59 Å². The number of hydrogen-bond acceptors (Lipinski definition) is 4. The Balaban J connectivity index is 1.90. The van der Waals surface area contributed by atoms with E-state index in [4.69, 9.17) is 32.7 Å². The molecule has 31 heavy (non-hydrogen) atoms. The SMILES string of the molecule is CCCCCCCCCOC(=O)CCCCCCCCC(=O)Oc1cc(Cl)cc(Cl)c1. The van der Waals surface area contributed by atoms with Crippen LogP contribution in [0.2, 0.25) is 10.0 Å². The van der Waals surface area contributed by atoms with E-state index in [1.54, 1.807) is 18.2 Å². The van der Waals surface area contributed by atoms with Gasteiger partial charge in [-0.1, -0.05) is 94.3 Å². The maximum Gasteiger partial charge on any atom is 0.311 e. The summed E-state index contributed by atoms with van der Waals surface area (Å²) in [5.74, 6) is 0.0262.